The van der Waals surface area contributed by atoms with Gasteiger partial charge in [0.1, 0.15) is 11.6 Å². The van der Waals surface area contributed by atoms with Crippen molar-refractivity contribution in [1.82, 2.24) is 9.97 Å². The zero-order valence-electron chi connectivity index (χ0n) is 12.3. The fourth-order valence-electron chi connectivity index (χ4n) is 1.80. The average molecular weight is 271 g/mol. The highest BCUT2D eigenvalue weighted by Gasteiger charge is 2.15. The number of nitrogen functional groups attached to an aromatic ring is 1. The predicted octanol–water partition coefficient (Wildman–Crippen LogP) is 2.98. The minimum absolute atomic E-state index is 0.0302. The number of rotatable bonds is 4. The molecule has 106 valence electrons. The molecule has 0 aliphatic carbocycles. The summed E-state index contributed by atoms with van der Waals surface area (Å²) in [6, 6.07) is 9.44. The first-order valence-electron chi connectivity index (χ1n) is 6.76. The number of anilines is 1. The Morgan fingerprint density at radius 1 is 1.15 bits per heavy atom. The molecule has 1 aromatic carbocycles. The average Bonchev–Trinajstić information content (AvgIpc) is 2.40. The lowest BCUT2D eigenvalue weighted by molar-refractivity contribution is 0.320. The second-order valence-electron chi connectivity index (χ2n) is 5.74. The summed E-state index contributed by atoms with van der Waals surface area (Å²) in [5, 5.41) is 0. The van der Waals surface area contributed by atoms with Crippen LogP contribution in [0.5, 0.6) is 5.75 Å². The van der Waals surface area contributed by atoms with Crippen molar-refractivity contribution in [2.24, 2.45) is 0 Å². The molecule has 0 amide bonds. The summed E-state index contributed by atoms with van der Waals surface area (Å²) in [6.45, 7) is 6.93. The van der Waals surface area contributed by atoms with E-state index in [2.05, 4.69) is 30.7 Å². The molecule has 0 atom stereocenters. The first-order chi connectivity index (χ1) is 9.47. The van der Waals surface area contributed by atoms with Gasteiger partial charge in [-0.1, -0.05) is 32.9 Å². The zero-order valence-corrected chi connectivity index (χ0v) is 12.3. The summed E-state index contributed by atoms with van der Waals surface area (Å²) in [6.07, 6.45) is 2.47. The molecule has 0 saturated carbocycles. The van der Waals surface area contributed by atoms with Crippen LogP contribution in [0.3, 0.4) is 0 Å². The molecule has 2 rings (SSSR count). The standard InChI is InChI=1S/C16H21N3O/c1-16(2,3)14-8-10-18-15(19-14)9-11-20-13-7-5-4-6-12(13)17/h4-8,10H,9,11,17H2,1-3H3. The molecule has 1 heterocycles. The van der Waals surface area contributed by atoms with E-state index in [1.54, 1.807) is 6.20 Å². The van der Waals surface area contributed by atoms with E-state index in [4.69, 9.17) is 10.5 Å². The summed E-state index contributed by atoms with van der Waals surface area (Å²) in [5.41, 5.74) is 7.55. The van der Waals surface area contributed by atoms with Crippen molar-refractivity contribution in [3.8, 4) is 5.75 Å². The third-order valence-electron chi connectivity index (χ3n) is 2.98. The van der Waals surface area contributed by atoms with Crippen LogP contribution < -0.4 is 10.5 Å². The molecule has 0 saturated heterocycles. The molecule has 4 nitrogen and oxygen atoms in total. The predicted molar refractivity (Wildman–Crippen MR) is 80.8 cm³/mol. The summed E-state index contributed by atoms with van der Waals surface area (Å²) in [4.78, 5) is 8.86. The molecule has 4 heteroatoms. The SMILES string of the molecule is CC(C)(C)c1ccnc(CCOc2ccccc2N)n1. The molecule has 0 bridgehead atoms. The topological polar surface area (TPSA) is 61.0 Å². The van der Waals surface area contributed by atoms with Crippen LogP contribution in [0.15, 0.2) is 36.5 Å². The van der Waals surface area contributed by atoms with Crippen LogP contribution in [0.25, 0.3) is 0 Å². The number of aromatic nitrogens is 2. The minimum Gasteiger partial charge on any atom is -0.491 e. The maximum Gasteiger partial charge on any atom is 0.142 e. The highest BCUT2D eigenvalue weighted by atomic mass is 16.5. The van der Waals surface area contributed by atoms with E-state index in [1.807, 2.05) is 30.3 Å². The number of hydrogen-bond donors (Lipinski definition) is 1. The monoisotopic (exact) mass is 271 g/mol. The molecule has 0 unspecified atom stereocenters. The fraction of sp³-hybridized carbons (Fsp3) is 0.375. The second-order valence-corrected chi connectivity index (χ2v) is 5.74. The van der Waals surface area contributed by atoms with Gasteiger partial charge >= 0.3 is 0 Å². The number of ether oxygens (including phenoxy) is 1. The Morgan fingerprint density at radius 2 is 1.90 bits per heavy atom. The lowest BCUT2D eigenvalue weighted by Crippen LogP contribution is -2.16. The van der Waals surface area contributed by atoms with E-state index in [0.717, 1.165) is 11.5 Å². The summed E-state index contributed by atoms with van der Waals surface area (Å²) in [5.74, 6) is 1.51. The number of nitrogens with two attached hydrogens (primary N) is 1. The Morgan fingerprint density at radius 3 is 2.60 bits per heavy atom. The van der Waals surface area contributed by atoms with Gasteiger partial charge in [-0.3, -0.25) is 0 Å². The molecule has 2 aromatic rings. The molecule has 0 aliphatic heterocycles. The Hall–Kier alpha value is -2.10. The van der Waals surface area contributed by atoms with Crippen molar-refractivity contribution in [3.05, 3.63) is 48.0 Å². The number of hydrogen-bond acceptors (Lipinski definition) is 4. The summed E-state index contributed by atoms with van der Waals surface area (Å²) >= 11 is 0. The molecule has 2 N–H and O–H groups in total. The van der Waals surface area contributed by atoms with Gasteiger partial charge in [-0.2, -0.15) is 0 Å². The van der Waals surface area contributed by atoms with Crippen molar-refractivity contribution in [1.29, 1.82) is 0 Å². The van der Waals surface area contributed by atoms with Gasteiger partial charge in [-0.05, 0) is 18.2 Å². The smallest absolute Gasteiger partial charge is 0.142 e. The third kappa shape index (κ3) is 3.70. The van der Waals surface area contributed by atoms with Crippen LogP contribution in [0.2, 0.25) is 0 Å². The van der Waals surface area contributed by atoms with Gasteiger partial charge in [0.2, 0.25) is 0 Å². The van der Waals surface area contributed by atoms with Crippen LogP contribution in [0.1, 0.15) is 32.3 Å². The second kappa shape index (κ2) is 5.90. The maximum atomic E-state index is 5.82. The van der Waals surface area contributed by atoms with Crippen LogP contribution >= 0.6 is 0 Å². The van der Waals surface area contributed by atoms with E-state index >= 15 is 0 Å². The zero-order chi connectivity index (χ0) is 14.6. The third-order valence-corrected chi connectivity index (χ3v) is 2.98. The van der Waals surface area contributed by atoms with E-state index in [9.17, 15) is 0 Å². The van der Waals surface area contributed by atoms with Crippen LogP contribution in [-0.2, 0) is 11.8 Å². The largest absolute Gasteiger partial charge is 0.491 e. The van der Waals surface area contributed by atoms with Gasteiger partial charge in [-0.25, -0.2) is 9.97 Å². The highest BCUT2D eigenvalue weighted by molar-refractivity contribution is 5.51. The quantitative estimate of drug-likeness (QED) is 0.868. The lowest BCUT2D eigenvalue weighted by Gasteiger charge is -2.17. The van der Waals surface area contributed by atoms with Crippen LogP contribution in [-0.4, -0.2) is 16.6 Å². The van der Waals surface area contributed by atoms with Gasteiger partial charge in [0.05, 0.1) is 12.3 Å². The van der Waals surface area contributed by atoms with Gasteiger partial charge < -0.3 is 10.5 Å². The van der Waals surface area contributed by atoms with E-state index in [1.165, 1.54) is 0 Å². The van der Waals surface area contributed by atoms with Crippen molar-refractivity contribution < 1.29 is 4.74 Å². The molecule has 20 heavy (non-hydrogen) atoms. The van der Waals surface area contributed by atoms with Crippen LogP contribution in [0, 0.1) is 0 Å². The Kier molecular flexibility index (Phi) is 4.23. The van der Waals surface area contributed by atoms with Crippen molar-refractivity contribution in [2.75, 3.05) is 12.3 Å². The van der Waals surface area contributed by atoms with Gasteiger partial charge in [0.15, 0.2) is 0 Å². The summed E-state index contributed by atoms with van der Waals surface area (Å²) < 4.78 is 5.66. The van der Waals surface area contributed by atoms with E-state index in [0.29, 0.717) is 24.5 Å². The lowest BCUT2D eigenvalue weighted by atomic mass is 9.92. The Labute approximate surface area is 120 Å². The number of nitrogens with zero attached hydrogens (tertiary/aromatic N) is 2. The van der Waals surface area contributed by atoms with Crippen LogP contribution in [0.4, 0.5) is 5.69 Å². The molecule has 0 spiro atoms. The molecular formula is C16H21N3O. The number of benzene rings is 1. The van der Waals surface area contributed by atoms with Gasteiger partial charge in [-0.15, -0.1) is 0 Å². The summed E-state index contributed by atoms with van der Waals surface area (Å²) in [7, 11) is 0. The minimum atomic E-state index is 0.0302. The van der Waals surface area contributed by atoms with Gasteiger partial charge in [0.25, 0.3) is 0 Å². The maximum absolute atomic E-state index is 5.82. The van der Waals surface area contributed by atoms with E-state index in [-0.39, 0.29) is 5.41 Å². The molecule has 0 radical (unpaired) electrons. The van der Waals surface area contributed by atoms with Crippen molar-refractivity contribution in [3.63, 3.8) is 0 Å². The highest BCUT2D eigenvalue weighted by Crippen LogP contribution is 2.21. The first-order valence-corrected chi connectivity index (χ1v) is 6.76. The Bertz CT molecular complexity index is 576. The van der Waals surface area contributed by atoms with E-state index < -0.39 is 0 Å². The molecular weight excluding hydrogens is 250 g/mol. The molecule has 1 aromatic heterocycles. The molecule has 0 aliphatic rings. The van der Waals surface area contributed by atoms with Crippen molar-refractivity contribution in [2.45, 2.75) is 32.6 Å². The Balaban J connectivity index is 1.97. The fourth-order valence-corrected chi connectivity index (χ4v) is 1.80. The van der Waals surface area contributed by atoms with Crippen molar-refractivity contribution >= 4 is 5.69 Å². The number of para-hydroxylation sites is 2. The molecule has 0 fully saturated rings. The first kappa shape index (κ1) is 14.3. The normalized spacial score (nSPS) is 11.3. The van der Waals surface area contributed by atoms with Gasteiger partial charge in [0, 0.05) is 23.7 Å².